The number of hydrazine groups is 1. The number of para-hydroxylation sites is 1. The van der Waals surface area contributed by atoms with Crippen molar-refractivity contribution in [3.05, 3.63) is 75.9 Å². The van der Waals surface area contributed by atoms with E-state index in [2.05, 4.69) is 16.5 Å². The van der Waals surface area contributed by atoms with Gasteiger partial charge in [-0.15, -0.1) is 0 Å². The van der Waals surface area contributed by atoms with Crippen molar-refractivity contribution in [2.45, 2.75) is 6.04 Å². The second-order valence-corrected chi connectivity index (χ2v) is 5.55. The molecule has 1 atom stereocenters. The van der Waals surface area contributed by atoms with Crippen molar-refractivity contribution in [3.63, 3.8) is 0 Å². The maximum atomic E-state index is 6.08. The fourth-order valence-corrected chi connectivity index (χ4v) is 2.63. The van der Waals surface area contributed by atoms with E-state index >= 15 is 0 Å². The van der Waals surface area contributed by atoms with E-state index in [1.807, 2.05) is 42.6 Å². The minimum Gasteiger partial charge on any atom is -0.271 e. The molecule has 1 aromatic heterocycles. The number of hydrogen-bond donors (Lipinski definition) is 2. The van der Waals surface area contributed by atoms with Gasteiger partial charge in [0.15, 0.2) is 0 Å². The zero-order valence-corrected chi connectivity index (χ0v) is 12.6. The molecular formula is C16H13Cl2N3. The van der Waals surface area contributed by atoms with E-state index in [0.717, 1.165) is 22.0 Å². The molecule has 0 bridgehead atoms. The SMILES string of the molecule is NNC(c1ccc(Cl)c(Cl)c1)c1cnc2ccccc2c1. The van der Waals surface area contributed by atoms with Crippen LogP contribution in [0.1, 0.15) is 17.2 Å². The van der Waals surface area contributed by atoms with Gasteiger partial charge < -0.3 is 0 Å². The maximum Gasteiger partial charge on any atom is 0.0725 e. The number of benzene rings is 2. The zero-order valence-electron chi connectivity index (χ0n) is 11.1. The summed E-state index contributed by atoms with van der Waals surface area (Å²) in [5, 5.41) is 2.09. The van der Waals surface area contributed by atoms with Gasteiger partial charge in [0.1, 0.15) is 0 Å². The van der Waals surface area contributed by atoms with Gasteiger partial charge in [0, 0.05) is 11.6 Å². The Hall–Kier alpha value is -1.65. The molecule has 0 saturated heterocycles. The molecule has 0 fully saturated rings. The van der Waals surface area contributed by atoms with Gasteiger partial charge in [-0.25, -0.2) is 5.43 Å². The van der Waals surface area contributed by atoms with Gasteiger partial charge in [0.2, 0.25) is 0 Å². The number of fused-ring (bicyclic) bond motifs is 1. The molecule has 106 valence electrons. The second kappa shape index (κ2) is 6.00. The molecule has 3 N–H and O–H groups in total. The van der Waals surface area contributed by atoms with Crippen LogP contribution < -0.4 is 11.3 Å². The predicted molar refractivity (Wildman–Crippen MR) is 87.4 cm³/mol. The highest BCUT2D eigenvalue weighted by Crippen LogP contribution is 2.29. The highest BCUT2D eigenvalue weighted by molar-refractivity contribution is 6.42. The molecule has 3 rings (SSSR count). The van der Waals surface area contributed by atoms with Gasteiger partial charge in [-0.3, -0.25) is 10.8 Å². The summed E-state index contributed by atoms with van der Waals surface area (Å²) >= 11 is 12.0. The lowest BCUT2D eigenvalue weighted by atomic mass is 9.99. The van der Waals surface area contributed by atoms with Crippen molar-refractivity contribution in [1.29, 1.82) is 0 Å². The molecule has 3 aromatic rings. The number of nitrogens with zero attached hydrogens (tertiary/aromatic N) is 1. The normalized spacial score (nSPS) is 12.5. The van der Waals surface area contributed by atoms with Crippen LogP contribution in [-0.2, 0) is 0 Å². The Bertz CT molecular complexity index is 789. The molecule has 3 nitrogen and oxygen atoms in total. The summed E-state index contributed by atoms with van der Waals surface area (Å²) in [6, 6.07) is 15.3. The highest BCUT2D eigenvalue weighted by atomic mass is 35.5. The summed E-state index contributed by atoms with van der Waals surface area (Å²) in [6.07, 6.45) is 1.81. The molecule has 21 heavy (non-hydrogen) atoms. The first kappa shape index (κ1) is 14.3. The molecular weight excluding hydrogens is 305 g/mol. The van der Waals surface area contributed by atoms with Crippen molar-refractivity contribution >= 4 is 34.1 Å². The fraction of sp³-hybridized carbons (Fsp3) is 0.0625. The van der Waals surface area contributed by atoms with Gasteiger partial charge >= 0.3 is 0 Å². The lowest BCUT2D eigenvalue weighted by Crippen LogP contribution is -2.28. The molecule has 0 aliphatic heterocycles. The Morgan fingerprint density at radius 2 is 1.76 bits per heavy atom. The molecule has 0 aliphatic carbocycles. The Morgan fingerprint density at radius 1 is 0.952 bits per heavy atom. The monoisotopic (exact) mass is 317 g/mol. The fourth-order valence-electron chi connectivity index (χ4n) is 2.32. The number of halogens is 2. The zero-order chi connectivity index (χ0) is 14.8. The first-order valence-electron chi connectivity index (χ1n) is 6.45. The third kappa shape index (κ3) is 2.87. The predicted octanol–water partition coefficient (Wildman–Crippen LogP) is 4.09. The Balaban J connectivity index is 2.06. The smallest absolute Gasteiger partial charge is 0.0725 e. The first-order valence-corrected chi connectivity index (χ1v) is 7.20. The van der Waals surface area contributed by atoms with Crippen LogP contribution in [-0.4, -0.2) is 4.98 Å². The van der Waals surface area contributed by atoms with Crippen LogP contribution in [0, 0.1) is 0 Å². The molecule has 0 spiro atoms. The Labute approximate surface area is 132 Å². The topological polar surface area (TPSA) is 50.9 Å². The largest absolute Gasteiger partial charge is 0.271 e. The van der Waals surface area contributed by atoms with E-state index in [4.69, 9.17) is 29.0 Å². The summed E-state index contributed by atoms with van der Waals surface area (Å²) in [4.78, 5) is 4.46. The van der Waals surface area contributed by atoms with Gasteiger partial charge in [-0.1, -0.05) is 47.5 Å². The summed E-state index contributed by atoms with van der Waals surface area (Å²) in [5.74, 6) is 5.72. The average molecular weight is 318 g/mol. The van der Waals surface area contributed by atoms with Crippen molar-refractivity contribution < 1.29 is 0 Å². The van der Waals surface area contributed by atoms with Gasteiger partial charge in [-0.05, 0) is 35.4 Å². The lowest BCUT2D eigenvalue weighted by molar-refractivity contribution is 0.636. The second-order valence-electron chi connectivity index (χ2n) is 4.73. The number of nitrogens with two attached hydrogens (primary N) is 1. The van der Waals surface area contributed by atoms with Crippen LogP contribution in [0.15, 0.2) is 54.7 Å². The third-order valence-corrected chi connectivity index (χ3v) is 4.13. The van der Waals surface area contributed by atoms with Crippen molar-refractivity contribution in [1.82, 2.24) is 10.4 Å². The molecule has 0 saturated carbocycles. The average Bonchev–Trinajstić information content (AvgIpc) is 2.51. The molecule has 0 amide bonds. The van der Waals surface area contributed by atoms with E-state index in [9.17, 15) is 0 Å². The standard InChI is InChI=1S/C16H13Cl2N3/c17-13-6-5-11(8-14(13)18)16(21-19)12-7-10-3-1-2-4-15(10)20-9-12/h1-9,16,21H,19H2. The van der Waals surface area contributed by atoms with Gasteiger partial charge in [0.25, 0.3) is 0 Å². The number of pyridine rings is 1. The van der Waals surface area contributed by atoms with Crippen LogP contribution in [0.5, 0.6) is 0 Å². The number of nitrogens with one attached hydrogen (secondary N) is 1. The maximum absolute atomic E-state index is 6.08. The van der Waals surface area contributed by atoms with Crippen LogP contribution in [0.3, 0.4) is 0 Å². The van der Waals surface area contributed by atoms with Crippen molar-refractivity contribution in [3.8, 4) is 0 Å². The van der Waals surface area contributed by atoms with Crippen LogP contribution >= 0.6 is 23.2 Å². The van der Waals surface area contributed by atoms with E-state index < -0.39 is 0 Å². The molecule has 5 heteroatoms. The quantitative estimate of drug-likeness (QED) is 0.565. The summed E-state index contributed by atoms with van der Waals surface area (Å²) in [5.41, 5.74) is 5.66. The van der Waals surface area contributed by atoms with E-state index in [0.29, 0.717) is 10.0 Å². The van der Waals surface area contributed by atoms with E-state index in [1.54, 1.807) is 6.07 Å². The van der Waals surface area contributed by atoms with Crippen molar-refractivity contribution in [2.75, 3.05) is 0 Å². The minimum absolute atomic E-state index is 0.197. The van der Waals surface area contributed by atoms with E-state index in [1.165, 1.54) is 0 Å². The van der Waals surface area contributed by atoms with Gasteiger partial charge in [-0.2, -0.15) is 0 Å². The van der Waals surface area contributed by atoms with Crippen LogP contribution in [0.4, 0.5) is 0 Å². The van der Waals surface area contributed by atoms with E-state index in [-0.39, 0.29) is 6.04 Å². The van der Waals surface area contributed by atoms with Crippen LogP contribution in [0.25, 0.3) is 10.9 Å². The Morgan fingerprint density at radius 3 is 2.52 bits per heavy atom. The Kier molecular flexibility index (Phi) is 4.08. The molecule has 0 aliphatic rings. The first-order chi connectivity index (χ1) is 10.2. The number of rotatable bonds is 3. The lowest BCUT2D eigenvalue weighted by Gasteiger charge is -2.17. The summed E-state index contributed by atoms with van der Waals surface area (Å²) < 4.78 is 0. The van der Waals surface area contributed by atoms with Crippen LogP contribution in [0.2, 0.25) is 10.0 Å². The summed E-state index contributed by atoms with van der Waals surface area (Å²) in [6.45, 7) is 0. The third-order valence-electron chi connectivity index (χ3n) is 3.39. The molecule has 1 unspecified atom stereocenters. The minimum atomic E-state index is -0.197. The number of aromatic nitrogens is 1. The molecule has 2 aromatic carbocycles. The highest BCUT2D eigenvalue weighted by Gasteiger charge is 2.14. The molecule has 1 heterocycles. The molecule has 0 radical (unpaired) electrons. The van der Waals surface area contributed by atoms with Crippen molar-refractivity contribution in [2.24, 2.45) is 5.84 Å². The van der Waals surface area contributed by atoms with Gasteiger partial charge in [0.05, 0.1) is 21.6 Å². The summed E-state index contributed by atoms with van der Waals surface area (Å²) in [7, 11) is 0. The number of hydrogen-bond acceptors (Lipinski definition) is 3.